The standard InChI is InChI=1S/C11H24N2O/c1-9(11(2,3)4)8-13-10(14)6-5-7-12/h9H,5-8,12H2,1-4H3,(H,13,14). The Morgan fingerprint density at radius 2 is 2.00 bits per heavy atom. The summed E-state index contributed by atoms with van der Waals surface area (Å²) in [5.74, 6) is 0.607. The summed E-state index contributed by atoms with van der Waals surface area (Å²) in [7, 11) is 0. The third-order valence-corrected chi connectivity index (χ3v) is 2.69. The van der Waals surface area contributed by atoms with Crippen LogP contribution < -0.4 is 11.1 Å². The van der Waals surface area contributed by atoms with E-state index in [0.717, 1.165) is 13.0 Å². The first-order valence-corrected chi connectivity index (χ1v) is 5.34. The Morgan fingerprint density at radius 3 is 2.43 bits per heavy atom. The van der Waals surface area contributed by atoms with Crippen LogP contribution in [0.4, 0.5) is 0 Å². The molecule has 0 aliphatic rings. The summed E-state index contributed by atoms with van der Waals surface area (Å²) in [5.41, 5.74) is 5.57. The first-order chi connectivity index (χ1) is 6.38. The predicted molar refractivity (Wildman–Crippen MR) is 59.9 cm³/mol. The van der Waals surface area contributed by atoms with Gasteiger partial charge in [0.15, 0.2) is 0 Å². The molecule has 84 valence electrons. The van der Waals surface area contributed by atoms with Gasteiger partial charge in [-0.1, -0.05) is 27.7 Å². The largest absolute Gasteiger partial charge is 0.356 e. The number of carbonyl (C=O) groups is 1. The average molecular weight is 200 g/mol. The summed E-state index contributed by atoms with van der Waals surface area (Å²) in [5, 5.41) is 2.93. The van der Waals surface area contributed by atoms with Gasteiger partial charge in [-0.15, -0.1) is 0 Å². The zero-order chi connectivity index (χ0) is 11.2. The molecule has 0 aromatic heterocycles. The highest BCUT2D eigenvalue weighted by Gasteiger charge is 2.19. The maximum atomic E-state index is 11.3. The topological polar surface area (TPSA) is 55.1 Å². The van der Waals surface area contributed by atoms with Crippen molar-refractivity contribution in [3.05, 3.63) is 0 Å². The predicted octanol–water partition coefficient (Wildman–Crippen LogP) is 1.52. The fourth-order valence-electron chi connectivity index (χ4n) is 0.924. The number of hydrogen-bond donors (Lipinski definition) is 2. The van der Waals surface area contributed by atoms with Crippen LogP contribution in [-0.4, -0.2) is 19.0 Å². The van der Waals surface area contributed by atoms with Crippen LogP contribution in [0.15, 0.2) is 0 Å². The zero-order valence-corrected chi connectivity index (χ0v) is 9.89. The second-order valence-corrected chi connectivity index (χ2v) is 4.96. The molecular weight excluding hydrogens is 176 g/mol. The van der Waals surface area contributed by atoms with Gasteiger partial charge in [0.25, 0.3) is 0 Å². The van der Waals surface area contributed by atoms with E-state index < -0.39 is 0 Å². The molecule has 0 saturated heterocycles. The van der Waals surface area contributed by atoms with Gasteiger partial charge in [0.2, 0.25) is 5.91 Å². The van der Waals surface area contributed by atoms with Gasteiger partial charge in [0.1, 0.15) is 0 Å². The summed E-state index contributed by atoms with van der Waals surface area (Å²) >= 11 is 0. The summed E-state index contributed by atoms with van der Waals surface area (Å²) in [6, 6.07) is 0. The minimum Gasteiger partial charge on any atom is -0.356 e. The summed E-state index contributed by atoms with van der Waals surface area (Å²) in [6.45, 7) is 10.1. The Hall–Kier alpha value is -0.570. The van der Waals surface area contributed by atoms with Crippen molar-refractivity contribution in [2.45, 2.75) is 40.5 Å². The normalized spacial score (nSPS) is 13.8. The molecule has 0 fully saturated rings. The van der Waals surface area contributed by atoms with Crippen LogP contribution in [-0.2, 0) is 4.79 Å². The zero-order valence-electron chi connectivity index (χ0n) is 9.89. The summed E-state index contributed by atoms with van der Waals surface area (Å²) < 4.78 is 0. The van der Waals surface area contributed by atoms with Gasteiger partial charge >= 0.3 is 0 Å². The number of nitrogens with one attached hydrogen (secondary N) is 1. The van der Waals surface area contributed by atoms with Crippen molar-refractivity contribution in [3.63, 3.8) is 0 Å². The number of amides is 1. The van der Waals surface area contributed by atoms with Gasteiger partial charge in [-0.25, -0.2) is 0 Å². The molecule has 0 spiro atoms. The van der Waals surface area contributed by atoms with Gasteiger partial charge in [-0.3, -0.25) is 4.79 Å². The van der Waals surface area contributed by atoms with E-state index in [-0.39, 0.29) is 11.3 Å². The quantitative estimate of drug-likeness (QED) is 0.707. The molecule has 0 heterocycles. The van der Waals surface area contributed by atoms with Gasteiger partial charge in [-0.2, -0.15) is 0 Å². The molecule has 0 saturated carbocycles. The van der Waals surface area contributed by atoms with Crippen LogP contribution in [0.5, 0.6) is 0 Å². The second-order valence-electron chi connectivity index (χ2n) is 4.96. The molecule has 0 aliphatic heterocycles. The Bertz CT molecular complexity index is 173. The number of rotatable bonds is 5. The molecule has 0 rings (SSSR count). The van der Waals surface area contributed by atoms with Crippen LogP contribution in [0.1, 0.15) is 40.5 Å². The fraction of sp³-hybridized carbons (Fsp3) is 0.909. The van der Waals surface area contributed by atoms with Crippen LogP contribution in [0.3, 0.4) is 0 Å². The highest BCUT2D eigenvalue weighted by Crippen LogP contribution is 2.24. The maximum absolute atomic E-state index is 11.3. The minimum absolute atomic E-state index is 0.117. The van der Waals surface area contributed by atoms with Crippen LogP contribution in [0.25, 0.3) is 0 Å². The highest BCUT2D eigenvalue weighted by atomic mass is 16.1. The third kappa shape index (κ3) is 5.97. The lowest BCUT2D eigenvalue weighted by atomic mass is 9.82. The van der Waals surface area contributed by atoms with Gasteiger partial charge < -0.3 is 11.1 Å². The molecule has 0 bridgehead atoms. The van der Waals surface area contributed by atoms with E-state index in [2.05, 4.69) is 33.0 Å². The summed E-state index contributed by atoms with van der Waals surface area (Å²) in [6.07, 6.45) is 1.32. The van der Waals surface area contributed by atoms with Crippen molar-refractivity contribution in [3.8, 4) is 0 Å². The smallest absolute Gasteiger partial charge is 0.220 e. The van der Waals surface area contributed by atoms with E-state index in [1.54, 1.807) is 0 Å². The Morgan fingerprint density at radius 1 is 1.43 bits per heavy atom. The lowest BCUT2D eigenvalue weighted by Gasteiger charge is -2.27. The summed E-state index contributed by atoms with van der Waals surface area (Å²) in [4.78, 5) is 11.3. The number of hydrogen-bond acceptors (Lipinski definition) is 2. The van der Waals surface area contributed by atoms with E-state index in [0.29, 0.717) is 18.9 Å². The monoisotopic (exact) mass is 200 g/mol. The highest BCUT2D eigenvalue weighted by molar-refractivity contribution is 5.75. The first kappa shape index (κ1) is 13.4. The molecule has 3 nitrogen and oxygen atoms in total. The first-order valence-electron chi connectivity index (χ1n) is 5.34. The Labute approximate surface area is 87.4 Å². The van der Waals surface area contributed by atoms with Crippen LogP contribution in [0, 0.1) is 11.3 Å². The molecule has 3 heteroatoms. The van der Waals surface area contributed by atoms with Gasteiger partial charge in [-0.05, 0) is 24.3 Å². The van der Waals surface area contributed by atoms with Crippen molar-refractivity contribution in [1.82, 2.24) is 5.32 Å². The SMILES string of the molecule is CC(CNC(=O)CCCN)C(C)(C)C. The van der Waals surface area contributed by atoms with Crippen LogP contribution >= 0.6 is 0 Å². The fourth-order valence-corrected chi connectivity index (χ4v) is 0.924. The van der Waals surface area contributed by atoms with E-state index in [1.165, 1.54) is 0 Å². The number of carbonyl (C=O) groups excluding carboxylic acids is 1. The molecular formula is C11H24N2O. The van der Waals surface area contributed by atoms with Gasteiger partial charge in [0.05, 0.1) is 0 Å². The number of nitrogens with two attached hydrogens (primary N) is 1. The van der Waals surface area contributed by atoms with Crippen molar-refractivity contribution < 1.29 is 4.79 Å². The molecule has 1 unspecified atom stereocenters. The molecule has 0 aliphatic carbocycles. The van der Waals surface area contributed by atoms with Gasteiger partial charge in [0, 0.05) is 13.0 Å². The second kappa shape index (κ2) is 6.02. The van der Waals surface area contributed by atoms with E-state index in [9.17, 15) is 4.79 Å². The van der Waals surface area contributed by atoms with E-state index in [1.807, 2.05) is 0 Å². The van der Waals surface area contributed by atoms with Crippen molar-refractivity contribution in [2.75, 3.05) is 13.1 Å². The Balaban J connectivity index is 3.67. The minimum atomic E-state index is 0.117. The molecule has 0 aromatic carbocycles. The molecule has 14 heavy (non-hydrogen) atoms. The van der Waals surface area contributed by atoms with Crippen molar-refractivity contribution >= 4 is 5.91 Å². The maximum Gasteiger partial charge on any atom is 0.220 e. The molecule has 1 atom stereocenters. The Kier molecular flexibility index (Phi) is 5.77. The van der Waals surface area contributed by atoms with Crippen molar-refractivity contribution in [2.24, 2.45) is 17.1 Å². The molecule has 0 radical (unpaired) electrons. The molecule has 0 aromatic rings. The lowest BCUT2D eigenvalue weighted by Crippen LogP contribution is -2.33. The molecule has 3 N–H and O–H groups in total. The lowest BCUT2D eigenvalue weighted by molar-refractivity contribution is -0.121. The van der Waals surface area contributed by atoms with E-state index in [4.69, 9.17) is 5.73 Å². The average Bonchev–Trinajstić information content (AvgIpc) is 2.09. The third-order valence-electron chi connectivity index (χ3n) is 2.69. The molecule has 1 amide bonds. The van der Waals surface area contributed by atoms with Crippen molar-refractivity contribution in [1.29, 1.82) is 0 Å². The van der Waals surface area contributed by atoms with Crippen LogP contribution in [0.2, 0.25) is 0 Å². The van der Waals surface area contributed by atoms with E-state index >= 15 is 0 Å².